The largest absolute Gasteiger partial charge is 0.342 e. The zero-order valence-electron chi connectivity index (χ0n) is 16.9. The Bertz CT molecular complexity index is 1170. The number of hydrogen-bond acceptors (Lipinski definition) is 5. The first kappa shape index (κ1) is 18.1. The number of nitrogens with one attached hydrogen (secondary N) is 2. The van der Waals surface area contributed by atoms with Crippen LogP contribution in [0.25, 0.3) is 11.0 Å². The number of aliphatic imine (C=N–C) groups is 1. The van der Waals surface area contributed by atoms with Crippen LogP contribution in [0.1, 0.15) is 24.2 Å². The summed E-state index contributed by atoms with van der Waals surface area (Å²) in [7, 11) is 0. The van der Waals surface area contributed by atoms with Crippen LogP contribution in [0.3, 0.4) is 0 Å². The lowest BCUT2D eigenvalue weighted by atomic mass is 10.1. The van der Waals surface area contributed by atoms with Crippen LogP contribution >= 0.6 is 0 Å². The minimum atomic E-state index is -0.530. The Balaban J connectivity index is 1.38. The molecule has 2 aromatic carbocycles. The molecular formula is C23H22N6O2. The van der Waals surface area contributed by atoms with Crippen molar-refractivity contribution < 1.29 is 9.59 Å². The summed E-state index contributed by atoms with van der Waals surface area (Å²) >= 11 is 0. The lowest BCUT2D eigenvalue weighted by Crippen LogP contribution is -2.65. The molecule has 2 aliphatic heterocycles. The van der Waals surface area contributed by atoms with Crippen LogP contribution < -0.4 is 5.32 Å². The van der Waals surface area contributed by atoms with Crippen LogP contribution in [0.2, 0.25) is 0 Å². The highest BCUT2D eigenvalue weighted by atomic mass is 16.2. The lowest BCUT2D eigenvalue weighted by molar-refractivity contribution is -0.127. The summed E-state index contributed by atoms with van der Waals surface area (Å²) in [6.07, 6.45) is 1.89. The van der Waals surface area contributed by atoms with Gasteiger partial charge in [0.15, 0.2) is 12.2 Å². The summed E-state index contributed by atoms with van der Waals surface area (Å²) < 4.78 is 0. The molecule has 0 bridgehead atoms. The number of rotatable bonds is 5. The van der Waals surface area contributed by atoms with Crippen molar-refractivity contribution in [1.82, 2.24) is 25.1 Å². The zero-order chi connectivity index (χ0) is 20.9. The first-order valence-electron chi connectivity index (χ1n) is 10.6. The van der Waals surface area contributed by atoms with E-state index in [1.165, 1.54) is 0 Å². The van der Waals surface area contributed by atoms with Gasteiger partial charge in [0.1, 0.15) is 11.7 Å². The molecule has 3 aromatic rings. The maximum atomic E-state index is 12.9. The average molecular weight is 414 g/mol. The SMILES string of the molecule is O=C1NC(=O)N(C2CC2)C2N=C(Cc3nc4ccccc4[nH]3)N(Cc3ccccc3)C12. The van der Waals surface area contributed by atoms with E-state index in [1.807, 2.05) is 59.5 Å². The van der Waals surface area contributed by atoms with Crippen molar-refractivity contribution in [3.63, 3.8) is 0 Å². The lowest BCUT2D eigenvalue weighted by Gasteiger charge is -2.38. The number of carbonyl (C=O) groups excluding carboxylic acids is 2. The number of hydrogen-bond donors (Lipinski definition) is 2. The molecule has 3 amide bonds. The molecule has 8 heteroatoms. The highest BCUT2D eigenvalue weighted by Crippen LogP contribution is 2.36. The number of imidazole rings is 1. The Labute approximate surface area is 179 Å². The standard InChI is InChI=1S/C23H22N6O2/c30-22-20-21(29(15-10-11-15)23(31)27-22)26-19(28(20)13-14-6-2-1-3-7-14)12-18-24-16-8-4-5-9-17(16)25-18/h1-9,15,20-21H,10-13H2,(H,24,25)(H,27,30,31). The number of benzene rings is 2. The first-order valence-corrected chi connectivity index (χ1v) is 10.6. The number of amidine groups is 1. The highest BCUT2D eigenvalue weighted by Gasteiger charge is 2.53. The van der Waals surface area contributed by atoms with Gasteiger partial charge in [-0.2, -0.15) is 0 Å². The summed E-state index contributed by atoms with van der Waals surface area (Å²) in [5.74, 6) is 1.28. The maximum absolute atomic E-state index is 12.9. The number of aromatic amines is 1. The van der Waals surface area contributed by atoms with Crippen molar-refractivity contribution in [3.8, 4) is 0 Å². The smallest absolute Gasteiger partial charge is 0.326 e. The maximum Gasteiger partial charge on any atom is 0.326 e. The summed E-state index contributed by atoms with van der Waals surface area (Å²) in [4.78, 5) is 42.2. The summed E-state index contributed by atoms with van der Waals surface area (Å²) in [6, 6.07) is 17.2. The molecule has 0 spiro atoms. The third-order valence-corrected chi connectivity index (χ3v) is 6.15. The van der Waals surface area contributed by atoms with E-state index >= 15 is 0 Å². The number of nitrogens with zero attached hydrogens (tertiary/aromatic N) is 4. The number of urea groups is 1. The first-order chi connectivity index (χ1) is 15.2. The quantitative estimate of drug-likeness (QED) is 0.671. The number of fused-ring (bicyclic) bond motifs is 2. The molecule has 3 heterocycles. The second-order valence-electron chi connectivity index (χ2n) is 8.33. The van der Waals surface area contributed by atoms with E-state index in [0.717, 1.165) is 41.1 Å². The van der Waals surface area contributed by atoms with Gasteiger partial charge in [-0.1, -0.05) is 42.5 Å². The Hall–Kier alpha value is -3.68. The van der Waals surface area contributed by atoms with E-state index < -0.39 is 12.2 Å². The molecule has 3 aliphatic rings. The van der Waals surface area contributed by atoms with Crippen LogP contribution in [0, 0.1) is 0 Å². The molecule has 31 heavy (non-hydrogen) atoms. The molecule has 8 nitrogen and oxygen atoms in total. The number of para-hydroxylation sites is 2. The van der Waals surface area contributed by atoms with Gasteiger partial charge in [0.2, 0.25) is 0 Å². The van der Waals surface area contributed by atoms with Gasteiger partial charge in [-0.15, -0.1) is 0 Å². The molecule has 1 saturated heterocycles. The molecule has 156 valence electrons. The van der Waals surface area contributed by atoms with Crippen molar-refractivity contribution in [2.24, 2.45) is 4.99 Å². The van der Waals surface area contributed by atoms with Crippen LogP contribution in [-0.4, -0.2) is 55.8 Å². The van der Waals surface area contributed by atoms with Crippen LogP contribution in [0.15, 0.2) is 59.6 Å². The predicted molar refractivity (Wildman–Crippen MR) is 115 cm³/mol. The zero-order valence-corrected chi connectivity index (χ0v) is 16.9. The molecule has 0 radical (unpaired) electrons. The molecule has 2 N–H and O–H groups in total. The van der Waals surface area contributed by atoms with E-state index in [4.69, 9.17) is 9.98 Å². The number of aromatic nitrogens is 2. The molecule has 1 aliphatic carbocycles. The van der Waals surface area contributed by atoms with Gasteiger partial charge >= 0.3 is 6.03 Å². The summed E-state index contributed by atoms with van der Waals surface area (Å²) in [6.45, 7) is 0.543. The van der Waals surface area contributed by atoms with Crippen LogP contribution in [0.4, 0.5) is 4.79 Å². The average Bonchev–Trinajstić information content (AvgIpc) is 3.41. The number of imide groups is 1. The molecule has 1 aromatic heterocycles. The number of carbonyl (C=O) groups is 2. The topological polar surface area (TPSA) is 93.7 Å². The van der Waals surface area contributed by atoms with Crippen molar-refractivity contribution in [2.45, 2.75) is 44.1 Å². The van der Waals surface area contributed by atoms with E-state index in [1.54, 1.807) is 4.90 Å². The molecular weight excluding hydrogens is 392 g/mol. The van der Waals surface area contributed by atoms with Crippen molar-refractivity contribution in [3.05, 3.63) is 66.0 Å². The van der Waals surface area contributed by atoms with E-state index in [0.29, 0.717) is 13.0 Å². The second-order valence-corrected chi connectivity index (χ2v) is 8.33. The van der Waals surface area contributed by atoms with Crippen LogP contribution in [0.5, 0.6) is 0 Å². The van der Waals surface area contributed by atoms with Gasteiger partial charge in [0.25, 0.3) is 5.91 Å². The third kappa shape index (κ3) is 3.15. The van der Waals surface area contributed by atoms with E-state index in [2.05, 4.69) is 10.3 Å². The van der Waals surface area contributed by atoms with E-state index in [9.17, 15) is 9.59 Å². The number of amides is 3. The predicted octanol–water partition coefficient (Wildman–Crippen LogP) is 2.43. The second kappa shape index (κ2) is 6.94. The molecule has 6 rings (SSSR count). The fourth-order valence-corrected chi connectivity index (χ4v) is 4.56. The van der Waals surface area contributed by atoms with E-state index in [-0.39, 0.29) is 18.0 Å². The fourth-order valence-electron chi connectivity index (χ4n) is 4.56. The van der Waals surface area contributed by atoms with Gasteiger partial charge in [-0.3, -0.25) is 15.0 Å². The van der Waals surface area contributed by atoms with Gasteiger partial charge in [-0.25, -0.2) is 14.8 Å². The summed E-state index contributed by atoms with van der Waals surface area (Å²) in [5.41, 5.74) is 2.95. The normalized spacial score (nSPS) is 23.2. The Morgan fingerprint density at radius 2 is 1.77 bits per heavy atom. The minimum Gasteiger partial charge on any atom is -0.342 e. The van der Waals surface area contributed by atoms with Crippen molar-refractivity contribution >= 4 is 28.8 Å². The van der Waals surface area contributed by atoms with Crippen molar-refractivity contribution in [2.75, 3.05) is 0 Å². The van der Waals surface area contributed by atoms with Crippen LogP contribution in [-0.2, 0) is 17.8 Å². The van der Waals surface area contributed by atoms with Gasteiger partial charge in [-0.05, 0) is 30.5 Å². The third-order valence-electron chi connectivity index (χ3n) is 6.15. The Kier molecular flexibility index (Phi) is 4.05. The Morgan fingerprint density at radius 1 is 1.00 bits per heavy atom. The monoisotopic (exact) mass is 414 g/mol. The minimum absolute atomic E-state index is 0.161. The Morgan fingerprint density at radius 3 is 2.55 bits per heavy atom. The molecule has 2 unspecified atom stereocenters. The van der Waals surface area contributed by atoms with Gasteiger partial charge in [0, 0.05) is 12.6 Å². The molecule has 2 atom stereocenters. The molecule has 1 saturated carbocycles. The molecule has 2 fully saturated rings. The highest BCUT2D eigenvalue weighted by molar-refractivity contribution is 6.04. The fraction of sp³-hybridized carbons (Fsp3) is 0.304. The van der Waals surface area contributed by atoms with Gasteiger partial charge < -0.3 is 9.88 Å². The van der Waals surface area contributed by atoms with Gasteiger partial charge in [0.05, 0.1) is 17.5 Å². The summed E-state index contributed by atoms with van der Waals surface area (Å²) in [5, 5.41) is 2.55. The van der Waals surface area contributed by atoms with Crippen molar-refractivity contribution in [1.29, 1.82) is 0 Å². The number of H-pyrrole nitrogens is 1.